The van der Waals surface area contributed by atoms with E-state index in [4.69, 9.17) is 21.3 Å². The lowest BCUT2D eigenvalue weighted by Gasteiger charge is -2.11. The maximum Gasteiger partial charge on any atom is 0.337 e. The van der Waals surface area contributed by atoms with E-state index < -0.39 is 18.0 Å². The largest absolute Gasteiger partial charge is 0.489 e. The zero-order valence-corrected chi connectivity index (χ0v) is 9.75. The van der Waals surface area contributed by atoms with Crippen molar-refractivity contribution in [2.24, 2.45) is 5.73 Å². The Kier molecular flexibility index (Phi) is 4.50. The van der Waals surface area contributed by atoms with Gasteiger partial charge >= 0.3 is 11.9 Å². The quantitative estimate of drug-likeness (QED) is 0.492. The van der Waals surface area contributed by atoms with E-state index in [0.29, 0.717) is 0 Å². The third-order valence-corrected chi connectivity index (χ3v) is 2.17. The van der Waals surface area contributed by atoms with Crippen molar-refractivity contribution < 1.29 is 24.2 Å². The third-order valence-electron chi connectivity index (χ3n) is 2.17. The van der Waals surface area contributed by atoms with Crippen LogP contribution in [0.5, 0.6) is 5.75 Å². The van der Waals surface area contributed by atoms with Gasteiger partial charge in [-0.25, -0.2) is 4.79 Å². The fourth-order valence-corrected chi connectivity index (χ4v) is 1.18. The van der Waals surface area contributed by atoms with Crippen LogP contribution in [-0.2, 0) is 9.53 Å². The second-order valence-electron chi connectivity index (χ2n) is 3.50. The first-order valence-electron chi connectivity index (χ1n) is 5.04. The molecule has 0 aliphatic heterocycles. The van der Waals surface area contributed by atoms with E-state index in [2.05, 4.69) is 4.74 Å². The molecule has 0 radical (unpaired) electrons. The van der Waals surface area contributed by atoms with Crippen LogP contribution in [-0.4, -0.2) is 36.8 Å². The molecule has 0 bridgehead atoms. The highest BCUT2D eigenvalue weighted by molar-refractivity contribution is 5.90. The number of hydrogen-bond acceptors (Lipinski definition) is 6. The SMILES string of the molecule is COC(=O)c1ccc(OC[C@H](N)C(=O)O)c(N)c1. The Morgan fingerprint density at radius 2 is 2.11 bits per heavy atom. The summed E-state index contributed by atoms with van der Waals surface area (Å²) in [7, 11) is 1.26. The van der Waals surface area contributed by atoms with Gasteiger partial charge in [-0.3, -0.25) is 4.79 Å². The summed E-state index contributed by atoms with van der Waals surface area (Å²) >= 11 is 0. The lowest BCUT2D eigenvalue weighted by molar-refractivity contribution is -0.139. The van der Waals surface area contributed by atoms with E-state index >= 15 is 0 Å². The van der Waals surface area contributed by atoms with E-state index in [9.17, 15) is 9.59 Å². The van der Waals surface area contributed by atoms with Gasteiger partial charge in [0, 0.05) is 0 Å². The van der Waals surface area contributed by atoms with Crippen molar-refractivity contribution in [3.05, 3.63) is 23.8 Å². The van der Waals surface area contributed by atoms with E-state index in [1.165, 1.54) is 25.3 Å². The summed E-state index contributed by atoms with van der Waals surface area (Å²) in [6.45, 7) is -0.211. The molecule has 1 rings (SSSR count). The van der Waals surface area contributed by atoms with Crippen LogP contribution < -0.4 is 16.2 Å². The fourth-order valence-electron chi connectivity index (χ4n) is 1.18. The highest BCUT2D eigenvalue weighted by Crippen LogP contribution is 2.22. The van der Waals surface area contributed by atoms with Crippen LogP contribution in [0.25, 0.3) is 0 Å². The monoisotopic (exact) mass is 254 g/mol. The van der Waals surface area contributed by atoms with Crippen molar-refractivity contribution in [2.45, 2.75) is 6.04 Å². The van der Waals surface area contributed by atoms with Gasteiger partial charge in [-0.15, -0.1) is 0 Å². The Balaban J connectivity index is 2.74. The van der Waals surface area contributed by atoms with Crippen molar-refractivity contribution in [1.82, 2.24) is 0 Å². The molecule has 0 amide bonds. The van der Waals surface area contributed by atoms with E-state index in [1.54, 1.807) is 0 Å². The first-order valence-corrected chi connectivity index (χ1v) is 5.04. The molecule has 0 unspecified atom stereocenters. The molecule has 5 N–H and O–H groups in total. The smallest absolute Gasteiger partial charge is 0.337 e. The number of carboxylic acid groups (broad SMARTS) is 1. The summed E-state index contributed by atoms with van der Waals surface area (Å²) in [5, 5.41) is 8.58. The first-order chi connectivity index (χ1) is 8.45. The van der Waals surface area contributed by atoms with Crippen molar-refractivity contribution in [1.29, 1.82) is 0 Å². The molecule has 1 aromatic carbocycles. The molecule has 0 fully saturated rings. The molecule has 7 nitrogen and oxygen atoms in total. The predicted octanol–water partition coefficient (Wildman–Crippen LogP) is -0.154. The number of nitrogen functional groups attached to an aromatic ring is 1. The summed E-state index contributed by atoms with van der Waals surface area (Å²) in [6.07, 6.45) is 0. The molecule has 0 aromatic heterocycles. The summed E-state index contributed by atoms with van der Waals surface area (Å²) < 4.78 is 9.67. The maximum atomic E-state index is 11.2. The second kappa shape index (κ2) is 5.87. The van der Waals surface area contributed by atoms with Gasteiger partial charge in [0.1, 0.15) is 18.4 Å². The summed E-state index contributed by atoms with van der Waals surface area (Å²) in [4.78, 5) is 21.7. The van der Waals surface area contributed by atoms with Crippen LogP contribution in [0.4, 0.5) is 5.69 Å². The average Bonchev–Trinajstić information content (AvgIpc) is 2.35. The number of rotatable bonds is 5. The van der Waals surface area contributed by atoms with Gasteiger partial charge in [-0.1, -0.05) is 0 Å². The standard InChI is InChI=1S/C11H14N2O5/c1-17-11(16)6-2-3-9(7(12)4-6)18-5-8(13)10(14)15/h2-4,8H,5,12-13H2,1H3,(H,14,15)/t8-/m0/s1. The van der Waals surface area contributed by atoms with Gasteiger partial charge in [0.05, 0.1) is 18.4 Å². The lowest BCUT2D eigenvalue weighted by atomic mass is 10.2. The Hall–Kier alpha value is -2.28. The predicted molar refractivity (Wildman–Crippen MR) is 63.3 cm³/mol. The van der Waals surface area contributed by atoms with Crippen molar-refractivity contribution >= 4 is 17.6 Å². The number of nitrogens with two attached hydrogens (primary N) is 2. The number of carbonyl (C=O) groups excluding carboxylic acids is 1. The van der Waals surface area contributed by atoms with Crippen LogP contribution in [0.1, 0.15) is 10.4 Å². The normalized spacial score (nSPS) is 11.7. The number of aliphatic carboxylic acids is 1. The Bertz CT molecular complexity index is 461. The Morgan fingerprint density at radius 1 is 1.44 bits per heavy atom. The van der Waals surface area contributed by atoms with Gasteiger partial charge in [0.2, 0.25) is 0 Å². The number of anilines is 1. The van der Waals surface area contributed by atoms with Crippen molar-refractivity contribution in [3.8, 4) is 5.75 Å². The number of benzene rings is 1. The van der Waals surface area contributed by atoms with Crippen LogP contribution in [0.3, 0.4) is 0 Å². The van der Waals surface area contributed by atoms with Crippen LogP contribution >= 0.6 is 0 Å². The summed E-state index contributed by atoms with van der Waals surface area (Å²) in [5.74, 6) is -1.42. The minimum Gasteiger partial charge on any atom is -0.489 e. The van der Waals surface area contributed by atoms with Gasteiger partial charge in [-0.05, 0) is 18.2 Å². The van der Waals surface area contributed by atoms with Crippen LogP contribution in [0, 0.1) is 0 Å². The van der Waals surface area contributed by atoms with E-state index in [-0.39, 0.29) is 23.6 Å². The van der Waals surface area contributed by atoms with Crippen molar-refractivity contribution in [3.63, 3.8) is 0 Å². The molecule has 0 saturated heterocycles. The van der Waals surface area contributed by atoms with Gasteiger partial charge < -0.3 is 26.0 Å². The minimum absolute atomic E-state index is 0.204. The molecule has 0 saturated carbocycles. The molecular formula is C11H14N2O5. The molecule has 0 aliphatic carbocycles. The number of methoxy groups -OCH3 is 1. The summed E-state index contributed by atoms with van der Waals surface area (Å²) in [6, 6.07) is 3.16. The second-order valence-corrected chi connectivity index (χ2v) is 3.50. The molecule has 7 heteroatoms. The van der Waals surface area contributed by atoms with E-state index in [0.717, 1.165) is 0 Å². The van der Waals surface area contributed by atoms with Crippen LogP contribution in [0.2, 0.25) is 0 Å². The number of hydrogen-bond donors (Lipinski definition) is 3. The number of ether oxygens (including phenoxy) is 2. The average molecular weight is 254 g/mol. The number of carboxylic acids is 1. The first kappa shape index (κ1) is 13.8. The summed E-state index contributed by atoms with van der Waals surface area (Å²) in [5.41, 5.74) is 11.4. The zero-order chi connectivity index (χ0) is 13.7. The van der Waals surface area contributed by atoms with Crippen LogP contribution in [0.15, 0.2) is 18.2 Å². The molecule has 0 spiro atoms. The molecule has 98 valence electrons. The lowest BCUT2D eigenvalue weighted by Crippen LogP contribution is -2.36. The molecule has 18 heavy (non-hydrogen) atoms. The molecule has 1 atom stereocenters. The molecule has 0 aliphatic rings. The number of esters is 1. The highest BCUT2D eigenvalue weighted by Gasteiger charge is 2.14. The third kappa shape index (κ3) is 3.36. The highest BCUT2D eigenvalue weighted by atomic mass is 16.5. The molecule has 1 aromatic rings. The maximum absolute atomic E-state index is 11.2. The fraction of sp³-hybridized carbons (Fsp3) is 0.273. The topological polar surface area (TPSA) is 125 Å². The van der Waals surface area contributed by atoms with E-state index in [1.807, 2.05) is 0 Å². The van der Waals surface area contributed by atoms with Gasteiger partial charge in [0.25, 0.3) is 0 Å². The Labute approximate surface area is 103 Å². The van der Waals surface area contributed by atoms with Gasteiger partial charge in [0.15, 0.2) is 0 Å². The zero-order valence-electron chi connectivity index (χ0n) is 9.75. The Morgan fingerprint density at radius 3 is 2.61 bits per heavy atom. The van der Waals surface area contributed by atoms with Crippen molar-refractivity contribution in [2.75, 3.05) is 19.5 Å². The van der Waals surface area contributed by atoms with Gasteiger partial charge in [-0.2, -0.15) is 0 Å². The number of carbonyl (C=O) groups is 2. The minimum atomic E-state index is -1.17. The molecule has 0 heterocycles. The molecular weight excluding hydrogens is 240 g/mol.